The van der Waals surface area contributed by atoms with Crippen LogP contribution in [-0.2, 0) is 0 Å². The van der Waals surface area contributed by atoms with E-state index in [9.17, 15) is 13.6 Å². The Hall–Kier alpha value is -2.76. The van der Waals surface area contributed by atoms with Crippen molar-refractivity contribution in [2.45, 2.75) is 12.8 Å². The number of nitrogens with one attached hydrogen (secondary N) is 1. The molecule has 6 heteroatoms. The lowest BCUT2D eigenvalue weighted by Gasteiger charge is -2.30. The first-order chi connectivity index (χ1) is 12.1. The molecule has 1 aliphatic heterocycles. The van der Waals surface area contributed by atoms with Crippen LogP contribution in [0.2, 0.25) is 0 Å². The molecule has 1 aromatic heterocycles. The number of carbonyl (C=O) groups is 1. The van der Waals surface area contributed by atoms with Gasteiger partial charge >= 0.3 is 0 Å². The first kappa shape index (κ1) is 17.1. The summed E-state index contributed by atoms with van der Waals surface area (Å²) in [6, 6.07) is 7.41. The molecule has 0 radical (unpaired) electrons. The van der Waals surface area contributed by atoms with Crippen LogP contribution in [0.3, 0.4) is 0 Å². The van der Waals surface area contributed by atoms with Crippen LogP contribution >= 0.6 is 0 Å². The average Bonchev–Trinajstić information content (AvgIpc) is 2.65. The second kappa shape index (κ2) is 7.42. The Balaban J connectivity index is 1.73. The first-order valence-corrected chi connectivity index (χ1v) is 8.15. The van der Waals surface area contributed by atoms with Crippen LogP contribution in [0.4, 0.5) is 14.6 Å². The third-order valence-electron chi connectivity index (χ3n) is 4.28. The van der Waals surface area contributed by atoms with Crippen molar-refractivity contribution in [1.29, 1.82) is 0 Å². The Morgan fingerprint density at radius 1 is 1.20 bits per heavy atom. The third-order valence-corrected chi connectivity index (χ3v) is 4.28. The number of amides is 1. The van der Waals surface area contributed by atoms with Gasteiger partial charge in [-0.05, 0) is 42.7 Å². The maximum absolute atomic E-state index is 13.3. The summed E-state index contributed by atoms with van der Waals surface area (Å²) in [5.74, 6) is -1.16. The van der Waals surface area contributed by atoms with E-state index < -0.39 is 11.6 Å². The van der Waals surface area contributed by atoms with E-state index in [0.29, 0.717) is 16.9 Å². The van der Waals surface area contributed by atoms with Gasteiger partial charge in [-0.1, -0.05) is 17.7 Å². The zero-order valence-electron chi connectivity index (χ0n) is 13.9. The Morgan fingerprint density at radius 3 is 2.64 bits per heavy atom. The fourth-order valence-corrected chi connectivity index (χ4v) is 2.95. The normalized spacial score (nSPS) is 14.4. The standard InChI is InChI=1S/C19H19F2N3O/c1-22-19(25)15-3-2-8-23-18(15)24-9-6-13(7-10-24)11-14-4-5-16(20)17(21)12-14/h2-5,8,11-12H,6-7,9-10H2,1H3,(H,22,25). The van der Waals surface area contributed by atoms with Crippen LogP contribution in [0.15, 0.2) is 42.1 Å². The number of benzene rings is 1. The zero-order chi connectivity index (χ0) is 17.8. The van der Waals surface area contributed by atoms with Crippen molar-refractivity contribution < 1.29 is 13.6 Å². The fourth-order valence-electron chi connectivity index (χ4n) is 2.95. The fraction of sp³-hybridized carbons (Fsp3) is 0.263. The lowest BCUT2D eigenvalue weighted by Crippen LogP contribution is -2.33. The number of nitrogens with zero attached hydrogens (tertiary/aromatic N) is 2. The van der Waals surface area contributed by atoms with Gasteiger partial charge in [-0.3, -0.25) is 4.79 Å². The minimum Gasteiger partial charge on any atom is -0.355 e. The highest BCUT2D eigenvalue weighted by atomic mass is 19.2. The summed E-state index contributed by atoms with van der Waals surface area (Å²) in [4.78, 5) is 18.4. The number of rotatable bonds is 3. The van der Waals surface area contributed by atoms with Crippen molar-refractivity contribution in [2.75, 3.05) is 25.0 Å². The van der Waals surface area contributed by atoms with Gasteiger partial charge in [0.25, 0.3) is 5.91 Å². The molecule has 4 nitrogen and oxygen atoms in total. The molecule has 0 saturated carbocycles. The van der Waals surface area contributed by atoms with E-state index in [1.807, 2.05) is 6.08 Å². The monoisotopic (exact) mass is 343 g/mol. The summed E-state index contributed by atoms with van der Waals surface area (Å²) < 4.78 is 26.3. The number of aromatic nitrogens is 1. The molecule has 0 atom stereocenters. The van der Waals surface area contributed by atoms with Crippen molar-refractivity contribution in [3.05, 3.63) is 64.9 Å². The lowest BCUT2D eigenvalue weighted by atomic mass is 10.0. The molecule has 130 valence electrons. The molecular formula is C19H19F2N3O. The average molecular weight is 343 g/mol. The lowest BCUT2D eigenvalue weighted by molar-refractivity contribution is 0.0963. The molecule has 0 bridgehead atoms. The Labute approximate surface area is 145 Å². The predicted octanol–water partition coefficient (Wildman–Crippen LogP) is 3.40. The number of hydrogen-bond donors (Lipinski definition) is 1. The molecule has 0 aliphatic carbocycles. The van der Waals surface area contributed by atoms with Gasteiger partial charge in [0.05, 0.1) is 5.56 Å². The Bertz CT molecular complexity index is 810. The van der Waals surface area contributed by atoms with Crippen LogP contribution in [0.25, 0.3) is 6.08 Å². The largest absolute Gasteiger partial charge is 0.355 e. The van der Waals surface area contributed by atoms with Gasteiger partial charge < -0.3 is 10.2 Å². The van der Waals surface area contributed by atoms with Crippen molar-refractivity contribution in [2.24, 2.45) is 0 Å². The van der Waals surface area contributed by atoms with Crippen molar-refractivity contribution in [1.82, 2.24) is 10.3 Å². The molecular weight excluding hydrogens is 324 g/mol. The highest BCUT2D eigenvalue weighted by Crippen LogP contribution is 2.25. The van der Waals surface area contributed by atoms with Crippen molar-refractivity contribution in [3.63, 3.8) is 0 Å². The molecule has 1 N–H and O–H groups in total. The summed E-state index contributed by atoms with van der Waals surface area (Å²) in [5.41, 5.74) is 2.38. The summed E-state index contributed by atoms with van der Waals surface area (Å²) >= 11 is 0. The first-order valence-electron chi connectivity index (χ1n) is 8.15. The molecule has 0 spiro atoms. The highest BCUT2D eigenvalue weighted by molar-refractivity contribution is 5.98. The molecule has 1 amide bonds. The molecule has 25 heavy (non-hydrogen) atoms. The van der Waals surface area contributed by atoms with Gasteiger partial charge in [-0.15, -0.1) is 0 Å². The zero-order valence-corrected chi connectivity index (χ0v) is 13.9. The van der Waals surface area contributed by atoms with Crippen molar-refractivity contribution >= 4 is 17.8 Å². The van der Waals surface area contributed by atoms with Gasteiger partial charge in [0.1, 0.15) is 5.82 Å². The molecule has 1 aromatic carbocycles. The van der Waals surface area contributed by atoms with Gasteiger partial charge in [0.2, 0.25) is 0 Å². The number of piperidine rings is 1. The van der Waals surface area contributed by atoms with E-state index in [4.69, 9.17) is 0 Å². The maximum Gasteiger partial charge on any atom is 0.254 e. The molecule has 0 unspecified atom stereocenters. The summed E-state index contributed by atoms with van der Waals surface area (Å²) in [7, 11) is 1.60. The van der Waals surface area contributed by atoms with E-state index in [1.165, 1.54) is 11.6 Å². The highest BCUT2D eigenvalue weighted by Gasteiger charge is 2.20. The molecule has 1 saturated heterocycles. The Morgan fingerprint density at radius 2 is 1.96 bits per heavy atom. The van der Waals surface area contributed by atoms with E-state index in [-0.39, 0.29) is 5.91 Å². The molecule has 1 fully saturated rings. The second-order valence-corrected chi connectivity index (χ2v) is 5.92. The van der Waals surface area contributed by atoms with Crippen molar-refractivity contribution in [3.8, 4) is 0 Å². The Kier molecular flexibility index (Phi) is 5.07. The van der Waals surface area contributed by atoms with E-state index in [1.54, 1.807) is 31.4 Å². The third kappa shape index (κ3) is 3.84. The smallest absolute Gasteiger partial charge is 0.254 e. The van der Waals surface area contributed by atoms with E-state index in [0.717, 1.165) is 32.0 Å². The summed E-state index contributed by atoms with van der Waals surface area (Å²) in [6.07, 6.45) is 5.14. The number of anilines is 1. The molecule has 3 rings (SSSR count). The van der Waals surface area contributed by atoms with Crippen LogP contribution < -0.4 is 10.2 Å². The van der Waals surface area contributed by atoms with Crippen LogP contribution in [0, 0.1) is 11.6 Å². The quantitative estimate of drug-likeness (QED) is 0.929. The number of hydrogen-bond acceptors (Lipinski definition) is 3. The minimum absolute atomic E-state index is 0.161. The topological polar surface area (TPSA) is 45.2 Å². The van der Waals surface area contributed by atoms with Crippen LogP contribution in [0.1, 0.15) is 28.8 Å². The SMILES string of the molecule is CNC(=O)c1cccnc1N1CCC(=Cc2ccc(F)c(F)c2)CC1. The number of halogens is 2. The summed E-state index contributed by atoms with van der Waals surface area (Å²) in [6.45, 7) is 1.44. The predicted molar refractivity (Wildman–Crippen MR) is 93.4 cm³/mol. The molecule has 2 aromatic rings. The van der Waals surface area contributed by atoms with E-state index in [2.05, 4.69) is 15.2 Å². The molecule has 2 heterocycles. The second-order valence-electron chi connectivity index (χ2n) is 5.92. The number of pyridine rings is 1. The number of carbonyl (C=O) groups excluding carboxylic acids is 1. The summed E-state index contributed by atoms with van der Waals surface area (Å²) in [5, 5.41) is 2.63. The maximum atomic E-state index is 13.3. The van der Waals surface area contributed by atoms with Gasteiger partial charge in [0, 0.05) is 26.3 Å². The van der Waals surface area contributed by atoms with Crippen LogP contribution in [0.5, 0.6) is 0 Å². The van der Waals surface area contributed by atoms with Crippen LogP contribution in [-0.4, -0.2) is 31.0 Å². The van der Waals surface area contributed by atoms with Gasteiger partial charge in [-0.2, -0.15) is 0 Å². The van der Waals surface area contributed by atoms with Gasteiger partial charge in [-0.25, -0.2) is 13.8 Å². The van der Waals surface area contributed by atoms with Gasteiger partial charge in [0.15, 0.2) is 11.6 Å². The van der Waals surface area contributed by atoms with E-state index >= 15 is 0 Å². The minimum atomic E-state index is -0.839. The molecule has 1 aliphatic rings.